The smallest absolute Gasteiger partial charge is 0.378 e. The summed E-state index contributed by atoms with van der Waals surface area (Å²) in [6.07, 6.45) is -3.42. The van der Waals surface area contributed by atoms with Crippen LogP contribution < -0.4 is 10.5 Å². The molecule has 2 N–H and O–H groups in total. The highest BCUT2D eigenvalue weighted by Gasteiger charge is 2.45. The number of fused-ring (bicyclic) bond motifs is 1. The normalized spacial score (nSPS) is 19.9. The van der Waals surface area contributed by atoms with Crippen LogP contribution >= 0.6 is 0 Å². The van der Waals surface area contributed by atoms with E-state index in [1.54, 1.807) is 0 Å². The lowest BCUT2D eigenvalue weighted by atomic mass is 9.93. The van der Waals surface area contributed by atoms with Gasteiger partial charge in [-0.05, 0) is 43.2 Å². The fraction of sp³-hybridized carbons (Fsp3) is 0.500. The number of hydrogen-bond acceptors (Lipinski definition) is 5. The Kier molecular flexibility index (Phi) is 3.93. The Hall–Kier alpha value is -2.60. The molecule has 27 heavy (non-hydrogen) atoms. The van der Waals surface area contributed by atoms with E-state index in [4.69, 9.17) is 0 Å². The molecule has 1 saturated carbocycles. The van der Waals surface area contributed by atoms with Crippen LogP contribution in [0.1, 0.15) is 43.0 Å². The number of nitrogens with zero attached hydrogens (tertiary/aromatic N) is 3. The minimum atomic E-state index is -4.86. The molecule has 0 bridgehead atoms. The Morgan fingerprint density at radius 2 is 1.93 bits per heavy atom. The van der Waals surface area contributed by atoms with Gasteiger partial charge in [-0.3, -0.25) is 4.79 Å². The number of aliphatic hydroxyl groups excluding tert-OH is 1. The number of H-pyrrole nitrogens is 1. The molecule has 6 nitrogen and oxygen atoms in total. The Morgan fingerprint density at radius 1 is 1.26 bits per heavy atom. The summed E-state index contributed by atoms with van der Waals surface area (Å²) in [5, 5.41) is 19.0. The maximum absolute atomic E-state index is 12.9. The second-order valence-corrected chi connectivity index (χ2v) is 7.35. The average molecular weight is 378 g/mol. The molecule has 1 spiro atoms. The summed E-state index contributed by atoms with van der Waals surface area (Å²) in [6, 6.07) is 4.17. The summed E-state index contributed by atoms with van der Waals surface area (Å²) in [5.41, 5.74) is -0.396. The van der Waals surface area contributed by atoms with Crippen molar-refractivity contribution in [3.8, 4) is 6.07 Å². The van der Waals surface area contributed by atoms with Crippen LogP contribution in [0.4, 0.5) is 18.9 Å². The van der Waals surface area contributed by atoms with Gasteiger partial charge in [-0.25, -0.2) is 4.98 Å². The van der Waals surface area contributed by atoms with Crippen molar-refractivity contribution < 1.29 is 18.3 Å². The first-order valence-corrected chi connectivity index (χ1v) is 8.71. The van der Waals surface area contributed by atoms with E-state index in [0.29, 0.717) is 18.5 Å². The van der Waals surface area contributed by atoms with Crippen LogP contribution in [0.5, 0.6) is 0 Å². The van der Waals surface area contributed by atoms with Gasteiger partial charge in [-0.2, -0.15) is 18.4 Å². The van der Waals surface area contributed by atoms with E-state index < -0.39 is 23.5 Å². The van der Waals surface area contributed by atoms with Crippen molar-refractivity contribution in [2.75, 3.05) is 18.0 Å². The van der Waals surface area contributed by atoms with Crippen LogP contribution in [-0.2, 0) is 0 Å². The van der Waals surface area contributed by atoms with E-state index >= 15 is 0 Å². The van der Waals surface area contributed by atoms with Gasteiger partial charge in [0.05, 0.1) is 16.9 Å². The monoisotopic (exact) mass is 378 g/mol. The Balaban J connectivity index is 1.86. The highest BCUT2D eigenvalue weighted by molar-refractivity contribution is 5.91. The summed E-state index contributed by atoms with van der Waals surface area (Å²) in [7, 11) is 0. The number of hydrogen-bond donors (Lipinski definition) is 2. The van der Waals surface area contributed by atoms with Crippen molar-refractivity contribution in [1.82, 2.24) is 9.97 Å². The minimum absolute atomic E-state index is 0.0960. The van der Waals surface area contributed by atoms with Gasteiger partial charge in [0, 0.05) is 13.1 Å². The van der Waals surface area contributed by atoms with E-state index in [9.17, 15) is 28.3 Å². The van der Waals surface area contributed by atoms with Crippen molar-refractivity contribution in [3.63, 3.8) is 0 Å². The summed E-state index contributed by atoms with van der Waals surface area (Å²) < 4.78 is 38.6. The zero-order chi connectivity index (χ0) is 19.4. The fourth-order valence-corrected chi connectivity index (χ4v) is 3.78. The van der Waals surface area contributed by atoms with E-state index in [-0.39, 0.29) is 22.3 Å². The molecular weight excluding hydrogens is 361 g/mol. The lowest BCUT2D eigenvalue weighted by Gasteiger charge is -2.34. The number of nitriles is 1. The summed E-state index contributed by atoms with van der Waals surface area (Å²) in [5.74, 6) is 0. The van der Waals surface area contributed by atoms with Crippen molar-refractivity contribution >= 4 is 16.7 Å². The molecule has 4 rings (SSSR count). The third kappa shape index (κ3) is 3.04. The molecule has 0 radical (unpaired) electrons. The summed E-state index contributed by atoms with van der Waals surface area (Å²) in [4.78, 5) is 20.6. The molecule has 1 aliphatic heterocycles. The topological polar surface area (TPSA) is 93.0 Å². The van der Waals surface area contributed by atoms with Crippen LogP contribution in [0, 0.1) is 16.7 Å². The quantitative estimate of drug-likeness (QED) is 0.838. The molecule has 2 aliphatic rings. The molecular formula is C18H17F3N4O2. The molecule has 2 aromatic heterocycles. The van der Waals surface area contributed by atoms with Crippen molar-refractivity contribution in [1.29, 1.82) is 5.26 Å². The van der Waals surface area contributed by atoms with E-state index in [0.717, 1.165) is 18.9 Å². The molecule has 2 aromatic rings. The molecule has 0 amide bonds. The number of aromatic amines is 1. The zero-order valence-electron chi connectivity index (χ0n) is 14.3. The Bertz CT molecular complexity index is 995. The predicted molar refractivity (Wildman–Crippen MR) is 91.2 cm³/mol. The Labute approximate surface area is 152 Å². The summed E-state index contributed by atoms with van der Waals surface area (Å²) >= 11 is 0. The molecule has 142 valence electrons. The van der Waals surface area contributed by atoms with Crippen LogP contribution in [0.25, 0.3) is 11.0 Å². The maximum atomic E-state index is 12.9. The number of alkyl halides is 3. The van der Waals surface area contributed by atoms with Gasteiger partial charge in [0.1, 0.15) is 17.1 Å². The number of halogens is 3. The Morgan fingerprint density at radius 3 is 2.48 bits per heavy atom. The van der Waals surface area contributed by atoms with Crippen molar-refractivity contribution in [2.24, 2.45) is 5.41 Å². The van der Waals surface area contributed by atoms with E-state index in [1.807, 2.05) is 11.0 Å². The fourth-order valence-electron chi connectivity index (χ4n) is 3.78. The number of pyridine rings is 2. The second kappa shape index (κ2) is 5.96. The van der Waals surface area contributed by atoms with Gasteiger partial charge >= 0.3 is 6.18 Å². The molecule has 1 unspecified atom stereocenters. The van der Waals surface area contributed by atoms with Crippen LogP contribution in [0.15, 0.2) is 16.9 Å². The molecule has 1 aliphatic carbocycles. The maximum Gasteiger partial charge on any atom is 0.420 e. The van der Waals surface area contributed by atoms with Crippen LogP contribution in [-0.4, -0.2) is 34.3 Å². The first-order chi connectivity index (χ1) is 12.7. The number of rotatable bonds is 2. The number of piperidine rings is 1. The number of nitrogens with one attached hydrogen (secondary N) is 1. The lowest BCUT2D eigenvalue weighted by Crippen LogP contribution is -2.36. The zero-order valence-corrected chi connectivity index (χ0v) is 14.3. The predicted octanol–water partition coefficient (Wildman–Crippen LogP) is 2.77. The minimum Gasteiger partial charge on any atom is -0.378 e. The largest absolute Gasteiger partial charge is 0.420 e. The third-order valence-electron chi connectivity index (χ3n) is 5.65. The number of anilines is 1. The molecule has 3 heterocycles. The third-order valence-corrected chi connectivity index (χ3v) is 5.65. The molecule has 1 saturated heterocycles. The van der Waals surface area contributed by atoms with Gasteiger partial charge in [0.25, 0.3) is 5.56 Å². The first kappa shape index (κ1) is 17.8. The standard InChI is InChI=1S/C18H17F3N4O2/c19-18(20,21)15(26)12-2-1-11-13(23-12)14(10(9-22)16(27)24-11)25-7-5-17(3-4-17)6-8-25/h1-2,15,26H,3-8H2,(H,24,27). The van der Waals surface area contributed by atoms with Crippen molar-refractivity contribution in [2.45, 2.75) is 38.0 Å². The average Bonchev–Trinajstić information content (AvgIpc) is 3.39. The van der Waals surface area contributed by atoms with Gasteiger partial charge in [0.2, 0.25) is 0 Å². The van der Waals surface area contributed by atoms with Gasteiger partial charge in [-0.1, -0.05) is 0 Å². The van der Waals surface area contributed by atoms with Crippen LogP contribution in [0.3, 0.4) is 0 Å². The van der Waals surface area contributed by atoms with E-state index in [1.165, 1.54) is 18.9 Å². The molecule has 9 heteroatoms. The molecule has 0 aromatic carbocycles. The first-order valence-electron chi connectivity index (χ1n) is 8.71. The van der Waals surface area contributed by atoms with Gasteiger partial charge < -0.3 is 15.0 Å². The highest BCUT2D eigenvalue weighted by Crippen LogP contribution is 2.54. The molecule has 2 fully saturated rings. The SMILES string of the molecule is N#Cc1c(N2CCC3(CC2)CC3)c2nc(C(O)C(F)(F)F)ccc2[nH]c1=O. The highest BCUT2D eigenvalue weighted by atomic mass is 19.4. The number of aliphatic hydroxyl groups is 1. The lowest BCUT2D eigenvalue weighted by molar-refractivity contribution is -0.207. The van der Waals surface area contributed by atoms with Gasteiger partial charge in [0.15, 0.2) is 6.10 Å². The second-order valence-electron chi connectivity index (χ2n) is 7.35. The van der Waals surface area contributed by atoms with Gasteiger partial charge in [-0.15, -0.1) is 0 Å². The number of aromatic nitrogens is 2. The van der Waals surface area contributed by atoms with Crippen molar-refractivity contribution in [3.05, 3.63) is 33.7 Å². The van der Waals surface area contributed by atoms with E-state index in [2.05, 4.69) is 9.97 Å². The molecule has 1 atom stereocenters. The summed E-state index contributed by atoms with van der Waals surface area (Å²) in [6.45, 7) is 1.22. The van der Waals surface area contributed by atoms with Crippen LogP contribution in [0.2, 0.25) is 0 Å².